The van der Waals surface area contributed by atoms with E-state index in [0.717, 1.165) is 0 Å². The second-order valence-corrected chi connectivity index (χ2v) is 3.76. The molecule has 7 nitrogen and oxygen atoms in total. The van der Waals surface area contributed by atoms with Gasteiger partial charge >= 0.3 is 5.97 Å². The fourth-order valence-electron chi connectivity index (χ4n) is 1.61. The predicted octanol–water partition coefficient (Wildman–Crippen LogP) is 1.68. The molecule has 2 aromatic rings. The van der Waals surface area contributed by atoms with Crippen molar-refractivity contribution in [1.82, 2.24) is 9.97 Å². The summed E-state index contributed by atoms with van der Waals surface area (Å²) in [5.74, 6) is -1.16. The topological polar surface area (TPSA) is 106 Å². The molecule has 19 heavy (non-hydrogen) atoms. The van der Waals surface area contributed by atoms with Crippen molar-refractivity contribution in [2.24, 2.45) is 0 Å². The smallest absolute Gasteiger partial charge is 0.309 e. The first-order chi connectivity index (χ1) is 9.08. The number of nitrogens with zero attached hydrogens (tertiary/aromatic N) is 3. The lowest BCUT2D eigenvalue weighted by Crippen LogP contribution is -2.06. The number of carbonyl (C=O) groups is 1. The Bertz CT molecular complexity index is 628. The molecule has 0 saturated heterocycles. The molecule has 2 heterocycles. The summed E-state index contributed by atoms with van der Waals surface area (Å²) in [7, 11) is 0. The van der Waals surface area contributed by atoms with Crippen LogP contribution in [0.4, 0.5) is 5.69 Å². The summed E-state index contributed by atoms with van der Waals surface area (Å²) in [6.45, 7) is 0. The number of rotatable bonds is 4. The Kier molecular flexibility index (Phi) is 3.46. The van der Waals surface area contributed by atoms with Gasteiger partial charge in [-0.3, -0.25) is 24.9 Å². The van der Waals surface area contributed by atoms with Gasteiger partial charge in [0.05, 0.1) is 11.3 Å². The summed E-state index contributed by atoms with van der Waals surface area (Å²) in [6, 6.07) is 4.75. The van der Waals surface area contributed by atoms with Crippen LogP contribution in [0.2, 0.25) is 0 Å². The van der Waals surface area contributed by atoms with Crippen LogP contribution in [0.1, 0.15) is 5.69 Å². The first kappa shape index (κ1) is 12.6. The Labute approximate surface area is 107 Å². The van der Waals surface area contributed by atoms with Crippen molar-refractivity contribution in [2.75, 3.05) is 0 Å². The second kappa shape index (κ2) is 5.21. The van der Waals surface area contributed by atoms with E-state index in [1.54, 1.807) is 24.5 Å². The maximum absolute atomic E-state index is 10.9. The number of hydrogen-bond acceptors (Lipinski definition) is 5. The molecule has 0 saturated carbocycles. The molecule has 0 aliphatic carbocycles. The lowest BCUT2D eigenvalue weighted by atomic mass is 10.1. The minimum absolute atomic E-state index is 0.0647. The maximum atomic E-state index is 10.9. The first-order valence-electron chi connectivity index (χ1n) is 5.33. The Balaban J connectivity index is 2.48. The van der Waals surface area contributed by atoms with Crippen molar-refractivity contribution in [2.45, 2.75) is 6.42 Å². The maximum Gasteiger partial charge on any atom is 0.309 e. The van der Waals surface area contributed by atoms with Crippen LogP contribution in [-0.2, 0) is 11.2 Å². The lowest BCUT2D eigenvalue weighted by Gasteiger charge is -2.03. The third kappa shape index (κ3) is 2.89. The van der Waals surface area contributed by atoms with E-state index in [0.29, 0.717) is 11.1 Å². The van der Waals surface area contributed by atoms with Crippen LogP contribution >= 0.6 is 0 Å². The van der Waals surface area contributed by atoms with Gasteiger partial charge in [0.1, 0.15) is 5.69 Å². The first-order valence-corrected chi connectivity index (χ1v) is 5.33. The van der Waals surface area contributed by atoms with Gasteiger partial charge in [0.15, 0.2) is 0 Å². The van der Waals surface area contributed by atoms with Crippen LogP contribution < -0.4 is 0 Å². The van der Waals surface area contributed by atoms with Gasteiger partial charge < -0.3 is 5.11 Å². The van der Waals surface area contributed by atoms with E-state index >= 15 is 0 Å². The van der Waals surface area contributed by atoms with Crippen molar-refractivity contribution in [1.29, 1.82) is 0 Å². The second-order valence-electron chi connectivity index (χ2n) is 3.76. The minimum atomic E-state index is -1.16. The molecule has 0 unspecified atom stereocenters. The van der Waals surface area contributed by atoms with E-state index in [2.05, 4.69) is 9.97 Å². The monoisotopic (exact) mass is 259 g/mol. The van der Waals surface area contributed by atoms with Crippen molar-refractivity contribution in [3.63, 3.8) is 0 Å². The molecule has 0 aliphatic heterocycles. The third-order valence-electron chi connectivity index (χ3n) is 2.46. The molecule has 0 fully saturated rings. The zero-order chi connectivity index (χ0) is 13.8. The van der Waals surface area contributed by atoms with Gasteiger partial charge in [0.25, 0.3) is 5.69 Å². The van der Waals surface area contributed by atoms with E-state index in [1.807, 2.05) is 0 Å². The summed E-state index contributed by atoms with van der Waals surface area (Å²) in [5, 5.41) is 19.6. The molecule has 1 N–H and O–H groups in total. The number of nitro groups is 1. The predicted molar refractivity (Wildman–Crippen MR) is 65.5 cm³/mol. The summed E-state index contributed by atoms with van der Waals surface area (Å²) < 4.78 is 0. The summed E-state index contributed by atoms with van der Waals surface area (Å²) >= 11 is 0. The molecule has 0 aliphatic rings. The standard InChI is InChI=1S/C12H9N3O4/c16-12(17)5-10-11(15(18)19)4-9(7-14-10)8-2-1-3-13-6-8/h1-4,6-7H,5H2,(H,16,17). The highest BCUT2D eigenvalue weighted by molar-refractivity contribution is 5.72. The third-order valence-corrected chi connectivity index (χ3v) is 2.46. The molecular formula is C12H9N3O4. The molecular weight excluding hydrogens is 250 g/mol. The van der Waals surface area contributed by atoms with Crippen molar-refractivity contribution in [3.05, 3.63) is 52.6 Å². The molecule has 7 heteroatoms. The summed E-state index contributed by atoms with van der Waals surface area (Å²) in [4.78, 5) is 28.7. The SMILES string of the molecule is O=C(O)Cc1ncc(-c2cccnc2)cc1[N+](=O)[O-]. The van der Waals surface area contributed by atoms with Gasteiger partial charge in [-0.2, -0.15) is 0 Å². The number of aliphatic carboxylic acids is 1. The lowest BCUT2D eigenvalue weighted by molar-refractivity contribution is -0.385. The molecule has 0 radical (unpaired) electrons. The van der Waals surface area contributed by atoms with Crippen LogP contribution in [0.5, 0.6) is 0 Å². The number of aromatic nitrogens is 2. The van der Waals surface area contributed by atoms with Gasteiger partial charge in [-0.1, -0.05) is 6.07 Å². The molecule has 0 bridgehead atoms. The minimum Gasteiger partial charge on any atom is -0.481 e. The summed E-state index contributed by atoms with van der Waals surface area (Å²) in [5.41, 5.74) is 0.836. The van der Waals surface area contributed by atoms with Gasteiger partial charge in [-0.05, 0) is 6.07 Å². The van der Waals surface area contributed by atoms with E-state index in [4.69, 9.17) is 5.11 Å². The Hall–Kier alpha value is -2.83. The Morgan fingerprint density at radius 3 is 2.74 bits per heavy atom. The largest absolute Gasteiger partial charge is 0.481 e. The summed E-state index contributed by atoms with van der Waals surface area (Å²) in [6.07, 6.45) is 4.06. The quantitative estimate of drug-likeness (QED) is 0.661. The number of carboxylic acids is 1. The van der Waals surface area contributed by atoms with Crippen molar-refractivity contribution in [3.8, 4) is 11.1 Å². The highest BCUT2D eigenvalue weighted by Gasteiger charge is 2.19. The molecule has 0 amide bonds. The van der Waals surface area contributed by atoms with Crippen LogP contribution in [0.3, 0.4) is 0 Å². The van der Waals surface area contributed by atoms with Crippen molar-refractivity contribution < 1.29 is 14.8 Å². The van der Waals surface area contributed by atoms with Gasteiger partial charge in [0, 0.05) is 35.8 Å². The highest BCUT2D eigenvalue weighted by Crippen LogP contribution is 2.25. The van der Waals surface area contributed by atoms with Crippen LogP contribution in [0, 0.1) is 10.1 Å². The number of carboxylic acid groups (broad SMARTS) is 1. The zero-order valence-corrected chi connectivity index (χ0v) is 9.68. The van der Waals surface area contributed by atoms with Gasteiger partial charge in [0.2, 0.25) is 0 Å². The van der Waals surface area contributed by atoms with Crippen LogP contribution in [0.15, 0.2) is 36.8 Å². The average Bonchev–Trinajstić information content (AvgIpc) is 2.39. The Morgan fingerprint density at radius 1 is 1.37 bits per heavy atom. The van der Waals surface area contributed by atoms with Gasteiger partial charge in [-0.15, -0.1) is 0 Å². The normalized spacial score (nSPS) is 10.1. The van der Waals surface area contributed by atoms with Crippen LogP contribution in [0.25, 0.3) is 11.1 Å². The highest BCUT2D eigenvalue weighted by atomic mass is 16.6. The molecule has 0 spiro atoms. The molecule has 2 aromatic heterocycles. The fraction of sp³-hybridized carbons (Fsp3) is 0.0833. The van der Waals surface area contributed by atoms with Crippen molar-refractivity contribution >= 4 is 11.7 Å². The van der Waals surface area contributed by atoms with E-state index in [1.165, 1.54) is 12.3 Å². The van der Waals surface area contributed by atoms with E-state index in [9.17, 15) is 14.9 Å². The molecule has 96 valence electrons. The van der Waals surface area contributed by atoms with E-state index in [-0.39, 0.29) is 11.4 Å². The number of pyridine rings is 2. The fourth-order valence-corrected chi connectivity index (χ4v) is 1.61. The number of hydrogen-bond donors (Lipinski definition) is 1. The van der Waals surface area contributed by atoms with E-state index < -0.39 is 17.3 Å². The molecule has 0 aromatic carbocycles. The van der Waals surface area contributed by atoms with Crippen LogP contribution in [-0.4, -0.2) is 26.0 Å². The molecule has 0 atom stereocenters. The average molecular weight is 259 g/mol. The zero-order valence-electron chi connectivity index (χ0n) is 9.68. The Morgan fingerprint density at radius 2 is 2.16 bits per heavy atom. The van der Waals surface area contributed by atoms with Gasteiger partial charge in [-0.25, -0.2) is 0 Å². The molecule has 2 rings (SSSR count).